The average molecular weight is 279 g/mol. The van der Waals surface area contributed by atoms with Crippen LogP contribution >= 0.6 is 0 Å². The normalized spacial score (nSPS) is 13.2. The molecule has 1 nitrogen and oxygen atoms in total. The minimum absolute atomic E-state index is 0.141. The molecule has 1 unspecified atom stereocenters. The molecule has 0 bridgehead atoms. The van der Waals surface area contributed by atoms with Gasteiger partial charge in [0, 0.05) is 12.6 Å². The quantitative estimate of drug-likeness (QED) is 0.865. The van der Waals surface area contributed by atoms with Gasteiger partial charge in [-0.25, -0.2) is 0 Å². The van der Waals surface area contributed by atoms with Gasteiger partial charge in [0.15, 0.2) is 0 Å². The Morgan fingerprint density at radius 2 is 1.70 bits per heavy atom. The van der Waals surface area contributed by atoms with E-state index < -0.39 is 11.7 Å². The minimum Gasteiger partial charge on any atom is -0.306 e. The summed E-state index contributed by atoms with van der Waals surface area (Å²) in [6, 6.07) is 15.1. The Morgan fingerprint density at radius 3 is 2.35 bits per heavy atom. The first-order valence-corrected chi connectivity index (χ1v) is 6.41. The molecule has 0 heterocycles. The number of alkyl halides is 3. The van der Waals surface area contributed by atoms with Crippen molar-refractivity contribution in [1.82, 2.24) is 5.32 Å². The summed E-state index contributed by atoms with van der Waals surface area (Å²) in [5.41, 5.74) is 1.13. The van der Waals surface area contributed by atoms with Crippen molar-refractivity contribution in [3.05, 3.63) is 71.3 Å². The number of benzene rings is 2. The van der Waals surface area contributed by atoms with E-state index >= 15 is 0 Å². The van der Waals surface area contributed by atoms with Gasteiger partial charge in [-0.05, 0) is 30.2 Å². The predicted octanol–water partition coefficient (Wildman–Crippen LogP) is 4.56. The van der Waals surface area contributed by atoms with Crippen molar-refractivity contribution in [3.63, 3.8) is 0 Å². The molecule has 1 N–H and O–H groups in total. The van der Waals surface area contributed by atoms with E-state index in [0.29, 0.717) is 12.1 Å². The van der Waals surface area contributed by atoms with E-state index in [1.807, 2.05) is 37.3 Å². The summed E-state index contributed by atoms with van der Waals surface area (Å²) in [6.07, 6.45) is -4.30. The second-order valence-corrected chi connectivity index (χ2v) is 4.71. The Hall–Kier alpha value is -1.81. The molecular weight excluding hydrogens is 263 g/mol. The lowest BCUT2D eigenvalue weighted by molar-refractivity contribution is -0.137. The van der Waals surface area contributed by atoms with Gasteiger partial charge in [0.05, 0.1) is 5.56 Å². The fraction of sp³-hybridized carbons (Fsp3) is 0.250. The van der Waals surface area contributed by atoms with Gasteiger partial charge in [0.1, 0.15) is 0 Å². The zero-order valence-electron chi connectivity index (χ0n) is 11.1. The summed E-state index contributed by atoms with van der Waals surface area (Å²) in [6.45, 7) is 2.48. The molecule has 0 saturated heterocycles. The highest BCUT2D eigenvalue weighted by molar-refractivity contribution is 5.28. The third-order valence-corrected chi connectivity index (χ3v) is 3.17. The van der Waals surface area contributed by atoms with E-state index in [0.717, 1.165) is 11.6 Å². The maximum Gasteiger partial charge on any atom is 0.416 e. The molecular formula is C16H16F3N. The molecule has 106 valence electrons. The highest BCUT2D eigenvalue weighted by Gasteiger charge is 2.30. The van der Waals surface area contributed by atoms with Gasteiger partial charge in [-0.15, -0.1) is 0 Å². The fourth-order valence-electron chi connectivity index (χ4n) is 1.97. The summed E-state index contributed by atoms with van der Waals surface area (Å²) in [5.74, 6) is 0. The Labute approximate surface area is 116 Å². The summed E-state index contributed by atoms with van der Waals surface area (Å²) < 4.78 is 38.0. The number of rotatable bonds is 4. The predicted molar refractivity (Wildman–Crippen MR) is 73.1 cm³/mol. The fourth-order valence-corrected chi connectivity index (χ4v) is 1.97. The van der Waals surface area contributed by atoms with E-state index in [1.165, 1.54) is 12.1 Å². The van der Waals surface area contributed by atoms with E-state index in [1.54, 1.807) is 6.07 Å². The maximum absolute atomic E-state index is 12.7. The highest BCUT2D eigenvalue weighted by atomic mass is 19.4. The monoisotopic (exact) mass is 279 g/mol. The Bertz CT molecular complexity index is 549. The van der Waals surface area contributed by atoms with Gasteiger partial charge < -0.3 is 5.32 Å². The van der Waals surface area contributed by atoms with Gasteiger partial charge in [-0.3, -0.25) is 0 Å². The van der Waals surface area contributed by atoms with Crippen molar-refractivity contribution in [1.29, 1.82) is 0 Å². The summed E-state index contributed by atoms with van der Waals surface area (Å²) >= 11 is 0. The summed E-state index contributed by atoms with van der Waals surface area (Å²) in [4.78, 5) is 0. The Morgan fingerprint density at radius 1 is 1.00 bits per heavy atom. The third-order valence-electron chi connectivity index (χ3n) is 3.17. The van der Waals surface area contributed by atoms with Crippen molar-refractivity contribution in [2.45, 2.75) is 25.7 Å². The first-order valence-electron chi connectivity index (χ1n) is 6.41. The molecule has 0 amide bonds. The van der Waals surface area contributed by atoms with Gasteiger partial charge in [-0.1, -0.05) is 42.5 Å². The lowest BCUT2D eigenvalue weighted by Gasteiger charge is -2.16. The number of hydrogen-bond donors (Lipinski definition) is 1. The van der Waals surface area contributed by atoms with Crippen LogP contribution in [0.4, 0.5) is 13.2 Å². The molecule has 0 aliphatic heterocycles. The first kappa shape index (κ1) is 14.6. The highest BCUT2D eigenvalue weighted by Crippen LogP contribution is 2.30. The topological polar surface area (TPSA) is 12.0 Å². The molecule has 0 radical (unpaired) electrons. The summed E-state index contributed by atoms with van der Waals surface area (Å²) in [7, 11) is 0. The van der Waals surface area contributed by atoms with Crippen LogP contribution in [0.2, 0.25) is 0 Å². The van der Waals surface area contributed by atoms with E-state index in [-0.39, 0.29) is 6.04 Å². The molecule has 2 aromatic carbocycles. The molecule has 0 fully saturated rings. The number of hydrogen-bond acceptors (Lipinski definition) is 1. The lowest BCUT2D eigenvalue weighted by atomic mass is 10.0. The lowest BCUT2D eigenvalue weighted by Crippen LogP contribution is -2.18. The van der Waals surface area contributed by atoms with Crippen LogP contribution < -0.4 is 5.32 Å². The van der Waals surface area contributed by atoms with Crippen molar-refractivity contribution < 1.29 is 13.2 Å². The van der Waals surface area contributed by atoms with Crippen LogP contribution in [-0.2, 0) is 12.7 Å². The minimum atomic E-state index is -4.30. The standard InChI is InChI=1S/C16H16F3N/c1-12(20-11-13-6-3-2-4-7-13)14-8-5-9-15(10-14)16(17,18)19/h2-10,12,20H,11H2,1H3. The zero-order chi connectivity index (χ0) is 14.6. The second kappa shape index (κ2) is 6.09. The van der Waals surface area contributed by atoms with Crippen molar-refractivity contribution in [2.24, 2.45) is 0 Å². The maximum atomic E-state index is 12.7. The molecule has 0 aliphatic rings. The van der Waals surface area contributed by atoms with Crippen molar-refractivity contribution >= 4 is 0 Å². The molecule has 2 aromatic rings. The van der Waals surface area contributed by atoms with E-state index in [4.69, 9.17) is 0 Å². The molecule has 0 spiro atoms. The van der Waals surface area contributed by atoms with Crippen LogP contribution in [-0.4, -0.2) is 0 Å². The van der Waals surface area contributed by atoms with Crippen LogP contribution in [0.15, 0.2) is 54.6 Å². The Balaban J connectivity index is 2.04. The second-order valence-electron chi connectivity index (χ2n) is 4.71. The molecule has 4 heteroatoms. The van der Waals surface area contributed by atoms with Crippen molar-refractivity contribution in [2.75, 3.05) is 0 Å². The third kappa shape index (κ3) is 3.84. The van der Waals surface area contributed by atoms with Gasteiger partial charge in [-0.2, -0.15) is 13.2 Å². The molecule has 0 aliphatic carbocycles. The van der Waals surface area contributed by atoms with E-state index in [2.05, 4.69) is 5.32 Å². The van der Waals surface area contributed by atoms with Crippen LogP contribution in [0.25, 0.3) is 0 Å². The smallest absolute Gasteiger partial charge is 0.306 e. The van der Waals surface area contributed by atoms with Gasteiger partial charge in [0.25, 0.3) is 0 Å². The molecule has 20 heavy (non-hydrogen) atoms. The number of halogens is 3. The van der Waals surface area contributed by atoms with Crippen molar-refractivity contribution in [3.8, 4) is 0 Å². The van der Waals surface area contributed by atoms with Crippen LogP contribution in [0, 0.1) is 0 Å². The van der Waals surface area contributed by atoms with Crippen LogP contribution in [0.3, 0.4) is 0 Å². The number of nitrogens with one attached hydrogen (secondary N) is 1. The SMILES string of the molecule is CC(NCc1ccccc1)c1cccc(C(F)(F)F)c1. The molecule has 1 atom stereocenters. The zero-order valence-corrected chi connectivity index (χ0v) is 11.1. The van der Waals surface area contributed by atoms with E-state index in [9.17, 15) is 13.2 Å². The Kier molecular flexibility index (Phi) is 4.45. The molecule has 0 aromatic heterocycles. The molecule has 0 saturated carbocycles. The van der Waals surface area contributed by atoms with Crippen LogP contribution in [0.1, 0.15) is 29.7 Å². The van der Waals surface area contributed by atoms with Gasteiger partial charge in [0.2, 0.25) is 0 Å². The average Bonchev–Trinajstić information content (AvgIpc) is 2.45. The van der Waals surface area contributed by atoms with Crippen LogP contribution in [0.5, 0.6) is 0 Å². The van der Waals surface area contributed by atoms with Gasteiger partial charge >= 0.3 is 6.18 Å². The largest absolute Gasteiger partial charge is 0.416 e. The molecule has 2 rings (SSSR count). The summed E-state index contributed by atoms with van der Waals surface area (Å²) in [5, 5.41) is 3.23. The first-order chi connectivity index (χ1) is 9.47.